The molecule has 0 saturated heterocycles. The van der Waals surface area contributed by atoms with Crippen LogP contribution in [-0.2, 0) is 16.1 Å². The lowest BCUT2D eigenvalue weighted by atomic mass is 9.94. The fraction of sp³-hybridized carbons (Fsp3) is 0.321. The molecule has 0 saturated carbocycles. The predicted molar refractivity (Wildman–Crippen MR) is 134 cm³/mol. The summed E-state index contributed by atoms with van der Waals surface area (Å²) in [4.78, 5) is 21.2. The van der Waals surface area contributed by atoms with Gasteiger partial charge in [0, 0.05) is 11.8 Å². The molecular weight excluding hydrogens is 428 g/mol. The molecule has 0 aliphatic heterocycles. The van der Waals surface area contributed by atoms with Crippen molar-refractivity contribution in [2.75, 3.05) is 13.2 Å². The van der Waals surface area contributed by atoms with Crippen LogP contribution in [0.2, 0.25) is 0 Å². The normalized spacial score (nSPS) is 12.2. The molecule has 0 radical (unpaired) electrons. The molecule has 178 valence electrons. The summed E-state index contributed by atoms with van der Waals surface area (Å²) in [5.74, 6) is -0.350. The number of carbonyl (C=O) groups is 1. The van der Waals surface area contributed by atoms with E-state index in [4.69, 9.17) is 9.57 Å². The minimum atomic E-state index is -0.731. The lowest BCUT2D eigenvalue weighted by Crippen LogP contribution is -2.16. The molecular formula is C28H32N2O4. The summed E-state index contributed by atoms with van der Waals surface area (Å²) in [5, 5.41) is 13.6. The van der Waals surface area contributed by atoms with Gasteiger partial charge >= 0.3 is 5.97 Å². The number of carboxylic acid groups (broad SMARTS) is 1. The zero-order valence-corrected chi connectivity index (χ0v) is 19.8. The molecule has 1 N–H and O–H groups in total. The molecule has 0 bridgehead atoms. The van der Waals surface area contributed by atoms with Crippen molar-refractivity contribution < 1.29 is 19.5 Å². The third kappa shape index (κ3) is 7.73. The Labute approximate surface area is 201 Å². The van der Waals surface area contributed by atoms with Gasteiger partial charge in [0.1, 0.15) is 12.4 Å². The Morgan fingerprint density at radius 3 is 2.44 bits per heavy atom. The highest BCUT2D eigenvalue weighted by atomic mass is 16.6. The monoisotopic (exact) mass is 460 g/mol. The van der Waals surface area contributed by atoms with Crippen LogP contribution in [0.15, 0.2) is 78.1 Å². The van der Waals surface area contributed by atoms with E-state index in [0.29, 0.717) is 26.1 Å². The van der Waals surface area contributed by atoms with Crippen LogP contribution in [0.25, 0.3) is 11.3 Å². The van der Waals surface area contributed by atoms with E-state index < -0.39 is 5.97 Å². The maximum atomic E-state index is 11.4. The fourth-order valence-electron chi connectivity index (χ4n) is 3.58. The third-order valence-corrected chi connectivity index (χ3v) is 5.57. The van der Waals surface area contributed by atoms with E-state index in [1.807, 2.05) is 73.7 Å². The van der Waals surface area contributed by atoms with Crippen molar-refractivity contribution >= 4 is 11.7 Å². The topological polar surface area (TPSA) is 81.0 Å². The van der Waals surface area contributed by atoms with Gasteiger partial charge in [0.15, 0.2) is 6.61 Å². The average molecular weight is 461 g/mol. The van der Waals surface area contributed by atoms with E-state index >= 15 is 0 Å². The maximum absolute atomic E-state index is 11.4. The van der Waals surface area contributed by atoms with Gasteiger partial charge in [0.25, 0.3) is 0 Å². The van der Waals surface area contributed by atoms with E-state index in [1.165, 1.54) is 0 Å². The second kappa shape index (κ2) is 13.1. The summed E-state index contributed by atoms with van der Waals surface area (Å²) in [6, 6.07) is 21.5. The van der Waals surface area contributed by atoms with Crippen LogP contribution in [0, 0.1) is 5.92 Å². The van der Waals surface area contributed by atoms with Crippen molar-refractivity contribution in [1.29, 1.82) is 0 Å². The van der Waals surface area contributed by atoms with E-state index in [0.717, 1.165) is 46.7 Å². The number of unbranched alkanes of at least 4 members (excludes halogenated alkanes) is 1. The van der Waals surface area contributed by atoms with Gasteiger partial charge in [-0.1, -0.05) is 67.4 Å². The molecule has 0 fully saturated rings. The molecule has 3 aromatic rings. The molecule has 1 aromatic heterocycles. The van der Waals surface area contributed by atoms with Crippen molar-refractivity contribution in [3.63, 3.8) is 0 Å². The molecule has 6 heteroatoms. The second-order valence-electron chi connectivity index (χ2n) is 8.18. The fourth-order valence-corrected chi connectivity index (χ4v) is 3.58. The standard InChI is InChI=1S/C28H32N2O4/c1-3-4-7-25(28(31)32)20-22-9-15-26(16-10-22)33-18-19-34-30-21(2)23-11-13-24(14-12-23)27-8-5-6-17-29-27/h5-6,8-17,25H,3-4,7,18-20H2,1-2H3,(H,31,32)/b30-21-. The SMILES string of the molecule is CCCCC(Cc1ccc(OCCO/N=C(/C)c2ccc(-c3ccccn3)cc2)cc1)C(=O)O. The Hall–Kier alpha value is -3.67. The molecule has 34 heavy (non-hydrogen) atoms. The molecule has 1 atom stereocenters. The van der Waals surface area contributed by atoms with Crippen LogP contribution < -0.4 is 4.74 Å². The smallest absolute Gasteiger partial charge is 0.306 e. The summed E-state index contributed by atoms with van der Waals surface area (Å²) in [7, 11) is 0. The molecule has 0 amide bonds. The van der Waals surface area contributed by atoms with Gasteiger partial charge in [-0.25, -0.2) is 0 Å². The number of rotatable bonds is 13. The summed E-state index contributed by atoms with van der Waals surface area (Å²) in [6.45, 7) is 4.66. The predicted octanol–water partition coefficient (Wildman–Crippen LogP) is 6.00. The number of aromatic nitrogens is 1. The van der Waals surface area contributed by atoms with Crippen molar-refractivity contribution in [3.8, 4) is 17.0 Å². The lowest BCUT2D eigenvalue weighted by molar-refractivity contribution is -0.142. The van der Waals surface area contributed by atoms with Crippen LogP contribution in [-0.4, -0.2) is 35.0 Å². The Bertz CT molecular complexity index is 1050. The highest BCUT2D eigenvalue weighted by molar-refractivity contribution is 5.98. The van der Waals surface area contributed by atoms with Gasteiger partial charge in [-0.15, -0.1) is 0 Å². The first-order valence-electron chi connectivity index (χ1n) is 11.7. The van der Waals surface area contributed by atoms with Crippen LogP contribution >= 0.6 is 0 Å². The number of aliphatic carboxylic acids is 1. The van der Waals surface area contributed by atoms with E-state index in [1.54, 1.807) is 6.20 Å². The van der Waals surface area contributed by atoms with E-state index in [2.05, 4.69) is 17.1 Å². The first kappa shape index (κ1) is 25.0. The molecule has 1 heterocycles. The largest absolute Gasteiger partial charge is 0.490 e. The number of ether oxygens (including phenoxy) is 1. The molecule has 2 aromatic carbocycles. The van der Waals surface area contributed by atoms with Gasteiger partial charge in [0.2, 0.25) is 0 Å². The lowest BCUT2D eigenvalue weighted by Gasteiger charge is -2.12. The maximum Gasteiger partial charge on any atom is 0.306 e. The first-order valence-corrected chi connectivity index (χ1v) is 11.7. The van der Waals surface area contributed by atoms with Crippen molar-refractivity contribution in [2.45, 2.75) is 39.5 Å². The molecule has 0 aliphatic carbocycles. The van der Waals surface area contributed by atoms with Crippen LogP contribution in [0.4, 0.5) is 0 Å². The highest BCUT2D eigenvalue weighted by Crippen LogP contribution is 2.19. The number of carboxylic acids is 1. The quantitative estimate of drug-likeness (QED) is 0.192. The average Bonchev–Trinajstić information content (AvgIpc) is 2.87. The summed E-state index contributed by atoms with van der Waals surface area (Å²) >= 11 is 0. The van der Waals surface area contributed by atoms with Gasteiger partial charge in [-0.2, -0.15) is 0 Å². The number of hydrogen-bond acceptors (Lipinski definition) is 5. The van der Waals surface area contributed by atoms with E-state index in [9.17, 15) is 9.90 Å². The number of nitrogens with zero attached hydrogens (tertiary/aromatic N) is 2. The van der Waals surface area contributed by atoms with Gasteiger partial charge in [-0.3, -0.25) is 9.78 Å². The minimum absolute atomic E-state index is 0.323. The molecule has 0 aliphatic rings. The Kier molecular flexibility index (Phi) is 9.65. The summed E-state index contributed by atoms with van der Waals surface area (Å²) < 4.78 is 5.71. The van der Waals surface area contributed by atoms with Gasteiger partial charge in [-0.05, 0) is 55.2 Å². The minimum Gasteiger partial charge on any atom is -0.490 e. The Morgan fingerprint density at radius 1 is 1.03 bits per heavy atom. The van der Waals surface area contributed by atoms with Crippen LogP contribution in [0.3, 0.4) is 0 Å². The Morgan fingerprint density at radius 2 is 1.79 bits per heavy atom. The summed E-state index contributed by atoms with van der Waals surface area (Å²) in [5.41, 5.74) is 4.75. The first-order chi connectivity index (χ1) is 16.6. The molecule has 6 nitrogen and oxygen atoms in total. The number of hydrogen-bond donors (Lipinski definition) is 1. The summed E-state index contributed by atoms with van der Waals surface area (Å²) in [6.07, 6.45) is 4.95. The number of benzene rings is 2. The molecule has 3 rings (SSSR count). The van der Waals surface area contributed by atoms with Gasteiger partial charge < -0.3 is 14.7 Å². The van der Waals surface area contributed by atoms with E-state index in [-0.39, 0.29) is 5.92 Å². The highest BCUT2D eigenvalue weighted by Gasteiger charge is 2.17. The number of pyridine rings is 1. The van der Waals surface area contributed by atoms with Crippen LogP contribution in [0.5, 0.6) is 5.75 Å². The number of oxime groups is 1. The van der Waals surface area contributed by atoms with Crippen molar-refractivity contribution in [2.24, 2.45) is 11.1 Å². The third-order valence-electron chi connectivity index (χ3n) is 5.57. The van der Waals surface area contributed by atoms with Crippen molar-refractivity contribution in [1.82, 2.24) is 4.98 Å². The van der Waals surface area contributed by atoms with Crippen molar-refractivity contribution in [3.05, 3.63) is 84.1 Å². The molecule has 0 spiro atoms. The zero-order chi connectivity index (χ0) is 24.2. The van der Waals surface area contributed by atoms with Crippen LogP contribution in [0.1, 0.15) is 44.2 Å². The molecule has 1 unspecified atom stereocenters. The van der Waals surface area contributed by atoms with Gasteiger partial charge in [0.05, 0.1) is 17.3 Å². The second-order valence-corrected chi connectivity index (χ2v) is 8.18. The Balaban J connectivity index is 1.42. The zero-order valence-electron chi connectivity index (χ0n) is 19.8.